The van der Waals surface area contributed by atoms with E-state index >= 15 is 0 Å². The van der Waals surface area contributed by atoms with Gasteiger partial charge in [0, 0.05) is 13.0 Å². The zero-order chi connectivity index (χ0) is 10.5. The van der Waals surface area contributed by atoms with Crippen LogP contribution in [0.4, 0.5) is 0 Å². The van der Waals surface area contributed by atoms with Crippen molar-refractivity contribution >= 4 is 0 Å². The van der Waals surface area contributed by atoms with E-state index in [0.29, 0.717) is 6.61 Å². The Labute approximate surface area is 87.3 Å². The number of rotatable bonds is 8. The highest BCUT2D eigenvalue weighted by molar-refractivity contribution is 4.98. The Hall–Kier alpha value is -0.520. The van der Waals surface area contributed by atoms with Gasteiger partial charge in [0.05, 0.1) is 0 Å². The third-order valence-electron chi connectivity index (χ3n) is 2.16. The molecular weight excluding hydrogens is 176 g/mol. The maximum absolute atomic E-state index is 8.55. The molecule has 0 aromatic heterocycles. The summed E-state index contributed by atoms with van der Waals surface area (Å²) in [6.07, 6.45) is 9.18. The van der Waals surface area contributed by atoms with Gasteiger partial charge in [-0.05, 0) is 12.8 Å². The Morgan fingerprint density at radius 1 is 0.643 bits per heavy atom. The Kier molecular flexibility index (Phi) is 12.0. The molecule has 0 aromatic rings. The molecule has 2 nitrogen and oxygen atoms in total. The fraction of sp³-hybridized carbons (Fsp3) is 0.833. The predicted octanol–water partition coefficient (Wildman–Crippen LogP) is 2.10. The second-order valence-corrected chi connectivity index (χ2v) is 3.46. The topological polar surface area (TPSA) is 40.5 Å². The molecule has 0 radical (unpaired) electrons. The molecule has 0 saturated heterocycles. The second-order valence-electron chi connectivity index (χ2n) is 3.46. The highest BCUT2D eigenvalue weighted by Gasteiger charge is 1.90. The second kappa shape index (κ2) is 12.5. The number of unbranched alkanes of at least 4 members (excludes halogenated alkanes) is 7. The molecular formula is C12H22O2. The Bertz CT molecular complexity index is 155. The summed E-state index contributed by atoms with van der Waals surface area (Å²) in [6, 6.07) is 0. The number of aliphatic hydroxyl groups is 2. The lowest BCUT2D eigenvalue weighted by Crippen LogP contribution is -1.84. The van der Waals surface area contributed by atoms with Crippen molar-refractivity contribution in [2.75, 3.05) is 13.2 Å². The van der Waals surface area contributed by atoms with Crippen LogP contribution in [-0.4, -0.2) is 23.4 Å². The first kappa shape index (κ1) is 13.5. The first-order valence-corrected chi connectivity index (χ1v) is 5.59. The van der Waals surface area contributed by atoms with Gasteiger partial charge < -0.3 is 10.2 Å². The van der Waals surface area contributed by atoms with E-state index in [1.807, 2.05) is 0 Å². The van der Waals surface area contributed by atoms with Gasteiger partial charge >= 0.3 is 0 Å². The van der Waals surface area contributed by atoms with Crippen molar-refractivity contribution in [3.05, 3.63) is 0 Å². The van der Waals surface area contributed by atoms with Gasteiger partial charge in [0.15, 0.2) is 0 Å². The third kappa shape index (κ3) is 11.5. The molecule has 0 aromatic carbocycles. The van der Waals surface area contributed by atoms with Gasteiger partial charge in [-0.15, -0.1) is 5.92 Å². The highest BCUT2D eigenvalue weighted by Crippen LogP contribution is 2.07. The van der Waals surface area contributed by atoms with Crippen LogP contribution >= 0.6 is 0 Å². The van der Waals surface area contributed by atoms with E-state index in [2.05, 4.69) is 11.8 Å². The van der Waals surface area contributed by atoms with Gasteiger partial charge in [0.1, 0.15) is 6.61 Å². The Balaban J connectivity index is 2.92. The summed E-state index contributed by atoms with van der Waals surface area (Å²) in [5, 5.41) is 16.9. The minimum Gasteiger partial charge on any atom is -0.396 e. The molecule has 0 saturated carbocycles. The van der Waals surface area contributed by atoms with Crippen LogP contribution in [0.25, 0.3) is 0 Å². The molecule has 0 spiro atoms. The third-order valence-corrected chi connectivity index (χ3v) is 2.16. The van der Waals surface area contributed by atoms with Crippen molar-refractivity contribution in [3.63, 3.8) is 0 Å². The summed E-state index contributed by atoms with van der Waals surface area (Å²) in [6.45, 7) is 0.317. The molecule has 0 aliphatic carbocycles. The van der Waals surface area contributed by atoms with Crippen LogP contribution in [0.1, 0.15) is 51.4 Å². The van der Waals surface area contributed by atoms with E-state index < -0.39 is 0 Å². The average Bonchev–Trinajstić information content (AvgIpc) is 2.21. The van der Waals surface area contributed by atoms with Crippen LogP contribution in [-0.2, 0) is 0 Å². The summed E-state index contributed by atoms with van der Waals surface area (Å²) in [4.78, 5) is 0. The number of hydrogen-bond acceptors (Lipinski definition) is 2. The fourth-order valence-corrected chi connectivity index (χ4v) is 1.35. The minimum absolute atomic E-state index is 0.0127. The maximum atomic E-state index is 8.55. The largest absolute Gasteiger partial charge is 0.396 e. The Morgan fingerprint density at radius 3 is 1.79 bits per heavy atom. The van der Waals surface area contributed by atoms with E-state index in [1.165, 1.54) is 25.7 Å². The monoisotopic (exact) mass is 198 g/mol. The summed E-state index contributed by atoms with van der Waals surface area (Å²) >= 11 is 0. The van der Waals surface area contributed by atoms with Gasteiger partial charge in [-0.2, -0.15) is 0 Å². The molecule has 0 atom stereocenters. The lowest BCUT2D eigenvalue weighted by Gasteiger charge is -1.98. The Morgan fingerprint density at radius 2 is 1.21 bits per heavy atom. The van der Waals surface area contributed by atoms with Gasteiger partial charge in [-0.25, -0.2) is 0 Å². The quantitative estimate of drug-likeness (QED) is 0.463. The molecule has 0 rings (SSSR count). The normalized spacial score (nSPS) is 9.57. The zero-order valence-corrected chi connectivity index (χ0v) is 8.97. The summed E-state index contributed by atoms with van der Waals surface area (Å²) < 4.78 is 0. The molecule has 14 heavy (non-hydrogen) atoms. The molecule has 0 heterocycles. The molecule has 2 N–H and O–H groups in total. The maximum Gasteiger partial charge on any atom is 0.104 e. The predicted molar refractivity (Wildman–Crippen MR) is 58.9 cm³/mol. The molecule has 0 aliphatic heterocycles. The van der Waals surface area contributed by atoms with Crippen LogP contribution in [0.3, 0.4) is 0 Å². The van der Waals surface area contributed by atoms with Crippen molar-refractivity contribution in [3.8, 4) is 11.8 Å². The van der Waals surface area contributed by atoms with E-state index in [4.69, 9.17) is 10.2 Å². The minimum atomic E-state index is -0.0127. The van der Waals surface area contributed by atoms with Gasteiger partial charge in [-0.3, -0.25) is 0 Å². The molecule has 0 unspecified atom stereocenters. The van der Waals surface area contributed by atoms with Crippen LogP contribution in [0.2, 0.25) is 0 Å². The smallest absolute Gasteiger partial charge is 0.104 e. The number of hydrogen-bond donors (Lipinski definition) is 2. The average molecular weight is 198 g/mol. The molecule has 0 aliphatic rings. The van der Waals surface area contributed by atoms with Crippen LogP contribution < -0.4 is 0 Å². The van der Waals surface area contributed by atoms with Gasteiger partial charge in [0.2, 0.25) is 0 Å². The zero-order valence-electron chi connectivity index (χ0n) is 8.97. The van der Waals surface area contributed by atoms with Crippen LogP contribution in [0.15, 0.2) is 0 Å². The van der Waals surface area contributed by atoms with E-state index in [9.17, 15) is 0 Å². The van der Waals surface area contributed by atoms with Crippen molar-refractivity contribution < 1.29 is 10.2 Å². The van der Waals surface area contributed by atoms with E-state index in [-0.39, 0.29) is 6.61 Å². The van der Waals surface area contributed by atoms with Gasteiger partial charge in [0.25, 0.3) is 0 Å². The van der Waals surface area contributed by atoms with Crippen LogP contribution in [0, 0.1) is 11.8 Å². The van der Waals surface area contributed by atoms with Crippen molar-refractivity contribution in [2.24, 2.45) is 0 Å². The molecule has 2 heteroatoms. The summed E-state index contributed by atoms with van der Waals surface area (Å²) in [7, 11) is 0. The SMILES string of the molecule is OCC#CCCCCCCCCCO. The highest BCUT2D eigenvalue weighted by atomic mass is 16.3. The van der Waals surface area contributed by atoms with Crippen molar-refractivity contribution in [1.29, 1.82) is 0 Å². The van der Waals surface area contributed by atoms with Crippen molar-refractivity contribution in [2.45, 2.75) is 51.4 Å². The van der Waals surface area contributed by atoms with Crippen molar-refractivity contribution in [1.82, 2.24) is 0 Å². The van der Waals surface area contributed by atoms with Crippen LogP contribution in [0.5, 0.6) is 0 Å². The lowest BCUT2D eigenvalue weighted by molar-refractivity contribution is 0.282. The fourth-order valence-electron chi connectivity index (χ4n) is 1.35. The molecule has 0 fully saturated rings. The van der Waals surface area contributed by atoms with E-state index in [1.54, 1.807) is 0 Å². The summed E-state index contributed by atoms with van der Waals surface area (Å²) in [5.74, 6) is 5.56. The molecule has 0 amide bonds. The molecule has 82 valence electrons. The first-order chi connectivity index (χ1) is 6.91. The standard InChI is InChI=1S/C12H22O2/c13-11-9-7-5-3-1-2-4-6-8-10-12-14/h13-14H,1-7,9,11-12H2. The first-order valence-electron chi connectivity index (χ1n) is 5.59. The lowest BCUT2D eigenvalue weighted by atomic mass is 10.1. The van der Waals surface area contributed by atoms with Gasteiger partial charge in [-0.1, -0.05) is 38.0 Å². The van der Waals surface area contributed by atoms with E-state index in [0.717, 1.165) is 25.7 Å². The summed E-state index contributed by atoms with van der Waals surface area (Å²) in [5.41, 5.74) is 0. The number of aliphatic hydroxyl groups excluding tert-OH is 2. The molecule has 0 bridgehead atoms.